The second-order valence-corrected chi connectivity index (χ2v) is 7.24. The summed E-state index contributed by atoms with van der Waals surface area (Å²) < 4.78 is 5.69. The maximum atomic E-state index is 12.4. The first-order valence-corrected chi connectivity index (χ1v) is 9.41. The number of amides is 2. The molecule has 6 nitrogen and oxygen atoms in total. The molecule has 1 atom stereocenters. The van der Waals surface area contributed by atoms with Crippen molar-refractivity contribution in [2.75, 3.05) is 20.7 Å². The molecule has 2 aromatic rings. The summed E-state index contributed by atoms with van der Waals surface area (Å²) in [7, 11) is 3.37. The highest BCUT2D eigenvalue weighted by atomic mass is 32.1. The molecule has 0 saturated heterocycles. The van der Waals surface area contributed by atoms with Crippen molar-refractivity contribution in [3.63, 3.8) is 0 Å². The van der Waals surface area contributed by atoms with Gasteiger partial charge in [-0.2, -0.15) is 0 Å². The molecule has 0 aliphatic carbocycles. The van der Waals surface area contributed by atoms with E-state index >= 15 is 0 Å². The van der Waals surface area contributed by atoms with Gasteiger partial charge in [0.15, 0.2) is 6.61 Å². The molecule has 0 saturated carbocycles. The highest BCUT2D eigenvalue weighted by molar-refractivity contribution is 7.09. The maximum absolute atomic E-state index is 12.4. The van der Waals surface area contributed by atoms with Crippen LogP contribution in [-0.4, -0.2) is 42.4 Å². The van der Waals surface area contributed by atoms with E-state index in [-0.39, 0.29) is 30.9 Å². The number of ether oxygens (including phenoxy) is 1. The topological polar surface area (TPSA) is 71.5 Å². The van der Waals surface area contributed by atoms with Gasteiger partial charge >= 0.3 is 0 Å². The van der Waals surface area contributed by atoms with Crippen molar-refractivity contribution in [1.82, 2.24) is 15.2 Å². The summed E-state index contributed by atoms with van der Waals surface area (Å²) in [6.07, 6.45) is 0.965. The molecule has 7 heteroatoms. The molecule has 0 fully saturated rings. The van der Waals surface area contributed by atoms with Crippen molar-refractivity contribution in [3.8, 4) is 5.75 Å². The van der Waals surface area contributed by atoms with E-state index in [0.29, 0.717) is 12.2 Å². The molecule has 1 unspecified atom stereocenters. The van der Waals surface area contributed by atoms with Crippen molar-refractivity contribution in [2.24, 2.45) is 0 Å². The molecule has 0 radical (unpaired) electrons. The van der Waals surface area contributed by atoms with E-state index in [9.17, 15) is 9.59 Å². The first kappa shape index (κ1) is 19.9. The minimum Gasteiger partial charge on any atom is -0.483 e. The van der Waals surface area contributed by atoms with E-state index in [1.165, 1.54) is 16.2 Å². The zero-order chi connectivity index (χ0) is 19.1. The Morgan fingerprint density at radius 2 is 2.04 bits per heavy atom. The summed E-state index contributed by atoms with van der Waals surface area (Å²) >= 11 is 1.53. The van der Waals surface area contributed by atoms with E-state index in [1.807, 2.05) is 43.5 Å². The smallest absolute Gasteiger partial charge is 0.259 e. The molecular formula is C19H25N3O3S. The van der Waals surface area contributed by atoms with Gasteiger partial charge in [-0.25, -0.2) is 4.98 Å². The van der Waals surface area contributed by atoms with Crippen LogP contribution in [0, 0.1) is 6.92 Å². The molecular weight excluding hydrogens is 350 g/mol. The van der Waals surface area contributed by atoms with E-state index in [1.54, 1.807) is 14.1 Å². The number of carbonyl (C=O) groups is 2. The lowest BCUT2D eigenvalue weighted by molar-refractivity contribution is -0.130. The van der Waals surface area contributed by atoms with Crippen LogP contribution in [0.4, 0.5) is 0 Å². The van der Waals surface area contributed by atoms with Crippen molar-refractivity contribution in [2.45, 2.75) is 32.7 Å². The number of rotatable bonds is 8. The molecule has 140 valence electrons. The van der Waals surface area contributed by atoms with Gasteiger partial charge in [-0.05, 0) is 19.4 Å². The lowest BCUT2D eigenvalue weighted by atomic mass is 10.0. The van der Waals surface area contributed by atoms with E-state index < -0.39 is 0 Å². The molecule has 1 aromatic carbocycles. The van der Waals surface area contributed by atoms with Crippen LogP contribution in [0.5, 0.6) is 5.75 Å². The summed E-state index contributed by atoms with van der Waals surface area (Å²) in [5, 5.41) is 5.89. The number of carbonyl (C=O) groups excluding carboxylic acids is 2. The SMILES string of the molecule is CCC(NC(=O)Cc1csc(C)n1)c1ccccc1OCC(=O)N(C)C. The molecule has 1 N–H and O–H groups in total. The van der Waals surface area contributed by atoms with Gasteiger partial charge in [0.25, 0.3) is 5.91 Å². The van der Waals surface area contributed by atoms with Crippen molar-refractivity contribution in [3.05, 3.63) is 45.9 Å². The summed E-state index contributed by atoms with van der Waals surface area (Å²) in [5.41, 5.74) is 1.64. The Hall–Kier alpha value is -2.41. The number of hydrogen-bond acceptors (Lipinski definition) is 5. The van der Waals surface area contributed by atoms with E-state index in [4.69, 9.17) is 4.74 Å². The van der Waals surface area contributed by atoms with Gasteiger partial charge in [0.1, 0.15) is 5.75 Å². The van der Waals surface area contributed by atoms with Gasteiger partial charge in [-0.3, -0.25) is 9.59 Å². The number of nitrogens with one attached hydrogen (secondary N) is 1. The van der Waals surface area contributed by atoms with Gasteiger partial charge in [0, 0.05) is 25.0 Å². The van der Waals surface area contributed by atoms with Crippen LogP contribution in [0.2, 0.25) is 0 Å². The highest BCUT2D eigenvalue weighted by Crippen LogP contribution is 2.27. The summed E-state index contributed by atoms with van der Waals surface area (Å²) in [5.74, 6) is 0.413. The number of hydrogen-bond donors (Lipinski definition) is 1. The molecule has 2 rings (SSSR count). The number of nitrogens with zero attached hydrogens (tertiary/aromatic N) is 2. The zero-order valence-electron chi connectivity index (χ0n) is 15.6. The predicted molar refractivity (Wildman–Crippen MR) is 102 cm³/mol. The van der Waals surface area contributed by atoms with Gasteiger partial charge in [0.2, 0.25) is 5.91 Å². The quantitative estimate of drug-likeness (QED) is 0.770. The normalized spacial score (nSPS) is 11.7. The molecule has 2 amide bonds. The average molecular weight is 375 g/mol. The molecule has 1 aromatic heterocycles. The van der Waals surface area contributed by atoms with E-state index in [2.05, 4.69) is 10.3 Å². The lowest BCUT2D eigenvalue weighted by Gasteiger charge is -2.21. The third kappa shape index (κ3) is 5.56. The molecule has 0 aliphatic rings. The predicted octanol–water partition coefficient (Wildman–Crippen LogP) is 2.73. The molecule has 1 heterocycles. The third-order valence-corrected chi connectivity index (χ3v) is 4.72. The summed E-state index contributed by atoms with van der Waals surface area (Å²) in [6.45, 7) is 3.88. The standard InChI is InChI=1S/C19H25N3O3S/c1-5-16(21-18(23)10-14-12-26-13(2)20-14)15-8-6-7-9-17(15)25-11-19(24)22(3)4/h6-9,12,16H,5,10-11H2,1-4H3,(H,21,23). The summed E-state index contributed by atoms with van der Waals surface area (Å²) in [4.78, 5) is 30.0. The first-order valence-electron chi connectivity index (χ1n) is 8.53. The van der Waals surface area contributed by atoms with Gasteiger partial charge in [-0.1, -0.05) is 25.1 Å². The van der Waals surface area contributed by atoms with Crippen LogP contribution in [0.25, 0.3) is 0 Å². The Balaban J connectivity index is 2.06. The number of para-hydroxylation sites is 1. The number of thiazole rings is 1. The van der Waals surface area contributed by atoms with E-state index in [0.717, 1.165) is 16.3 Å². The monoisotopic (exact) mass is 375 g/mol. The fraction of sp³-hybridized carbons (Fsp3) is 0.421. The van der Waals surface area contributed by atoms with Crippen LogP contribution < -0.4 is 10.1 Å². The first-order chi connectivity index (χ1) is 12.4. The maximum Gasteiger partial charge on any atom is 0.259 e. The Morgan fingerprint density at radius 1 is 1.31 bits per heavy atom. The Bertz CT molecular complexity index is 758. The molecule has 26 heavy (non-hydrogen) atoms. The van der Waals surface area contributed by atoms with Crippen LogP contribution in [0.3, 0.4) is 0 Å². The number of likely N-dealkylation sites (N-methyl/N-ethyl adjacent to an activating group) is 1. The van der Waals surface area contributed by atoms with Gasteiger partial charge in [-0.15, -0.1) is 11.3 Å². The Labute approximate surface area is 158 Å². The average Bonchev–Trinajstić information content (AvgIpc) is 3.02. The fourth-order valence-electron chi connectivity index (χ4n) is 2.47. The minimum absolute atomic E-state index is 0.0352. The second kappa shape index (κ2) is 9.33. The minimum atomic E-state index is -0.187. The highest BCUT2D eigenvalue weighted by Gasteiger charge is 2.18. The third-order valence-electron chi connectivity index (χ3n) is 3.90. The molecule has 0 spiro atoms. The largest absolute Gasteiger partial charge is 0.483 e. The Morgan fingerprint density at radius 3 is 2.65 bits per heavy atom. The van der Waals surface area contributed by atoms with Crippen LogP contribution >= 0.6 is 11.3 Å². The second-order valence-electron chi connectivity index (χ2n) is 6.18. The van der Waals surface area contributed by atoms with Gasteiger partial charge in [0.05, 0.1) is 23.2 Å². The number of aryl methyl sites for hydroxylation is 1. The van der Waals surface area contributed by atoms with Crippen LogP contribution in [0.1, 0.15) is 35.7 Å². The van der Waals surface area contributed by atoms with Gasteiger partial charge < -0.3 is 15.0 Å². The lowest BCUT2D eigenvalue weighted by Crippen LogP contribution is -2.31. The molecule has 0 aliphatic heterocycles. The molecule has 0 bridgehead atoms. The number of benzene rings is 1. The Kier molecular flexibility index (Phi) is 7.15. The fourth-order valence-corrected chi connectivity index (χ4v) is 3.08. The van der Waals surface area contributed by atoms with Crippen LogP contribution in [-0.2, 0) is 16.0 Å². The number of aromatic nitrogens is 1. The van der Waals surface area contributed by atoms with Crippen molar-refractivity contribution < 1.29 is 14.3 Å². The van der Waals surface area contributed by atoms with Crippen LogP contribution in [0.15, 0.2) is 29.6 Å². The van der Waals surface area contributed by atoms with Crippen molar-refractivity contribution in [1.29, 1.82) is 0 Å². The zero-order valence-corrected chi connectivity index (χ0v) is 16.4. The summed E-state index contributed by atoms with van der Waals surface area (Å²) in [6, 6.07) is 7.29. The van der Waals surface area contributed by atoms with Crippen molar-refractivity contribution >= 4 is 23.2 Å².